The highest BCUT2D eigenvalue weighted by molar-refractivity contribution is 6.73. The van der Waals surface area contributed by atoms with Gasteiger partial charge in [-0.2, -0.15) is 0 Å². The zero-order valence-electron chi connectivity index (χ0n) is 13.5. The quantitative estimate of drug-likeness (QED) is 0.706. The Morgan fingerprint density at radius 3 is 1.58 bits per heavy atom. The van der Waals surface area contributed by atoms with Gasteiger partial charge in [0.25, 0.3) is 0 Å². The van der Waals surface area contributed by atoms with Crippen LogP contribution in [-0.4, -0.2) is 52.1 Å². The highest BCUT2D eigenvalue weighted by Crippen LogP contribution is 2.12. The highest BCUT2D eigenvalue weighted by atomic mass is 27.2. The molecule has 0 aliphatic heterocycles. The van der Waals surface area contributed by atoms with Gasteiger partial charge in [-0.05, 0) is 39.3 Å². The van der Waals surface area contributed by atoms with Crippen LogP contribution in [0.25, 0.3) is 0 Å². The van der Waals surface area contributed by atoms with Gasteiger partial charge >= 0.3 is 14.1 Å². The van der Waals surface area contributed by atoms with E-state index in [0.717, 1.165) is 13.1 Å². The molecule has 0 aliphatic carbocycles. The minimum atomic E-state index is -0.800. The molecular weight excluding hydrogens is 247 g/mol. The summed E-state index contributed by atoms with van der Waals surface area (Å²) in [6.45, 7) is 6.87. The SMILES string of the molecule is C[CH2][Al]([CH2]C)[c]1c(CN(C)C)cccc1CN(C)C. The van der Waals surface area contributed by atoms with Crippen LogP contribution in [-0.2, 0) is 13.1 Å². The van der Waals surface area contributed by atoms with E-state index in [-0.39, 0.29) is 0 Å². The zero-order valence-corrected chi connectivity index (χ0v) is 14.7. The molecule has 0 aliphatic rings. The summed E-state index contributed by atoms with van der Waals surface area (Å²) >= 11 is -0.800. The molecule has 3 heteroatoms. The maximum Gasteiger partial charge on any atom is 0.306 e. The van der Waals surface area contributed by atoms with Crippen LogP contribution in [0.5, 0.6) is 0 Å². The first-order valence-corrected chi connectivity index (χ1v) is 9.60. The molecule has 0 spiro atoms. The maximum atomic E-state index is 2.37. The summed E-state index contributed by atoms with van der Waals surface area (Å²) in [5, 5.41) is 2.72. The summed E-state index contributed by atoms with van der Waals surface area (Å²) in [6, 6.07) is 6.90. The average molecular weight is 276 g/mol. The molecule has 0 saturated heterocycles. The summed E-state index contributed by atoms with van der Waals surface area (Å²) in [5.41, 5.74) is 3.12. The molecule has 0 saturated carbocycles. The summed E-state index contributed by atoms with van der Waals surface area (Å²) in [6.07, 6.45) is 0. The van der Waals surface area contributed by atoms with Crippen LogP contribution < -0.4 is 4.43 Å². The van der Waals surface area contributed by atoms with Crippen molar-refractivity contribution in [1.82, 2.24) is 9.80 Å². The van der Waals surface area contributed by atoms with Crippen LogP contribution in [0.2, 0.25) is 10.6 Å². The standard InChI is InChI=1S/C12H19N2.2C2H5.Al/c1-13(2)9-11-6-5-7-12(8-11)10-14(3)4;2*1-2;/h5-7H,9-10H2,1-4H3;2*1H2,2H3;. The van der Waals surface area contributed by atoms with Crippen molar-refractivity contribution >= 4 is 18.6 Å². The minimum Gasteiger partial charge on any atom is -0.305 e. The first-order chi connectivity index (χ1) is 8.99. The molecule has 0 heterocycles. The summed E-state index contributed by atoms with van der Waals surface area (Å²) in [7, 11) is 8.65. The van der Waals surface area contributed by atoms with Crippen LogP contribution in [0.3, 0.4) is 0 Å². The van der Waals surface area contributed by atoms with Crippen LogP contribution in [0, 0.1) is 0 Å². The Hall–Kier alpha value is -0.328. The Labute approximate surface area is 123 Å². The van der Waals surface area contributed by atoms with Crippen molar-refractivity contribution in [1.29, 1.82) is 0 Å². The van der Waals surface area contributed by atoms with E-state index in [1.54, 1.807) is 15.6 Å². The second-order valence-corrected chi connectivity index (χ2v) is 9.58. The van der Waals surface area contributed by atoms with Crippen molar-refractivity contribution < 1.29 is 0 Å². The predicted molar refractivity (Wildman–Crippen MR) is 87.6 cm³/mol. The zero-order chi connectivity index (χ0) is 14.4. The van der Waals surface area contributed by atoms with Gasteiger partial charge in [0.05, 0.1) is 0 Å². The van der Waals surface area contributed by atoms with Crippen molar-refractivity contribution in [2.75, 3.05) is 28.2 Å². The molecule has 2 nitrogen and oxygen atoms in total. The monoisotopic (exact) mass is 276 g/mol. The molecule has 106 valence electrons. The third kappa shape index (κ3) is 4.93. The minimum absolute atomic E-state index is 0.800. The fourth-order valence-corrected chi connectivity index (χ4v) is 5.66. The van der Waals surface area contributed by atoms with Crippen molar-refractivity contribution in [3.63, 3.8) is 0 Å². The molecule has 19 heavy (non-hydrogen) atoms. The molecule has 0 fully saturated rings. The smallest absolute Gasteiger partial charge is 0.305 e. The van der Waals surface area contributed by atoms with Crippen molar-refractivity contribution in [2.24, 2.45) is 0 Å². The molecule has 1 aromatic rings. The van der Waals surface area contributed by atoms with Gasteiger partial charge in [-0.25, -0.2) is 0 Å². The Kier molecular flexibility index (Phi) is 7.10. The van der Waals surface area contributed by atoms with E-state index in [1.165, 1.54) is 10.6 Å². The van der Waals surface area contributed by atoms with Gasteiger partial charge in [0.1, 0.15) is 0 Å². The van der Waals surface area contributed by atoms with Gasteiger partial charge < -0.3 is 9.80 Å². The Balaban J connectivity index is 3.22. The van der Waals surface area contributed by atoms with Gasteiger partial charge in [-0.15, -0.1) is 4.43 Å². The molecule has 0 radical (unpaired) electrons. The second-order valence-electron chi connectivity index (χ2n) is 5.98. The van der Waals surface area contributed by atoms with Crippen LogP contribution in [0.4, 0.5) is 0 Å². The molecule has 0 bridgehead atoms. The first-order valence-electron chi connectivity index (χ1n) is 7.39. The summed E-state index contributed by atoms with van der Waals surface area (Å²) in [5.74, 6) is 0. The van der Waals surface area contributed by atoms with E-state index >= 15 is 0 Å². The largest absolute Gasteiger partial charge is 0.306 e. The van der Waals surface area contributed by atoms with Crippen LogP contribution in [0.15, 0.2) is 18.2 Å². The van der Waals surface area contributed by atoms with E-state index in [9.17, 15) is 0 Å². The Bertz CT molecular complexity index is 356. The molecule has 1 rings (SSSR count). The molecule has 0 unspecified atom stereocenters. The van der Waals surface area contributed by atoms with Gasteiger partial charge in [-0.3, -0.25) is 0 Å². The van der Waals surface area contributed by atoms with Crippen LogP contribution in [0.1, 0.15) is 25.0 Å². The Morgan fingerprint density at radius 1 is 0.842 bits per heavy atom. The summed E-state index contributed by atoms with van der Waals surface area (Å²) in [4.78, 5) is 4.57. The molecule has 0 aromatic heterocycles. The first kappa shape index (κ1) is 16.7. The fourth-order valence-electron chi connectivity index (χ4n) is 2.84. The molecule has 0 N–H and O–H groups in total. The summed E-state index contributed by atoms with van der Waals surface area (Å²) < 4.78 is 1.73. The van der Waals surface area contributed by atoms with Crippen molar-refractivity contribution in [3.05, 3.63) is 29.3 Å². The lowest BCUT2D eigenvalue weighted by atomic mass is 10.1. The molecule has 1 aromatic carbocycles. The normalized spacial score (nSPS) is 11.4. The third-order valence-corrected chi connectivity index (χ3v) is 7.18. The van der Waals surface area contributed by atoms with Crippen molar-refractivity contribution in [3.8, 4) is 0 Å². The van der Waals surface area contributed by atoms with E-state index in [4.69, 9.17) is 0 Å². The van der Waals surface area contributed by atoms with E-state index < -0.39 is 14.1 Å². The van der Waals surface area contributed by atoms with Crippen LogP contribution >= 0.6 is 0 Å². The number of benzene rings is 1. The highest BCUT2D eigenvalue weighted by Gasteiger charge is 2.22. The van der Waals surface area contributed by atoms with Gasteiger partial charge in [0.15, 0.2) is 0 Å². The predicted octanol–water partition coefficient (Wildman–Crippen LogP) is 2.55. The van der Waals surface area contributed by atoms with E-state index in [1.807, 2.05) is 0 Å². The van der Waals surface area contributed by atoms with E-state index in [2.05, 4.69) is 70.0 Å². The molecular formula is C16H29AlN2. The lowest BCUT2D eigenvalue weighted by Gasteiger charge is -2.23. The van der Waals surface area contributed by atoms with Gasteiger partial charge in [0.2, 0.25) is 0 Å². The van der Waals surface area contributed by atoms with E-state index in [0.29, 0.717) is 0 Å². The van der Waals surface area contributed by atoms with Crippen molar-refractivity contribution in [2.45, 2.75) is 37.5 Å². The molecule has 0 atom stereocenters. The second kappa shape index (κ2) is 8.07. The average Bonchev–Trinajstić information content (AvgIpc) is 2.32. The lowest BCUT2D eigenvalue weighted by Crippen LogP contribution is -2.37. The molecule has 0 amide bonds. The lowest BCUT2D eigenvalue weighted by molar-refractivity contribution is 0.397. The van der Waals surface area contributed by atoms with Gasteiger partial charge in [0, 0.05) is 13.1 Å². The number of nitrogens with zero attached hydrogens (tertiary/aromatic N) is 2. The number of hydrogen-bond acceptors (Lipinski definition) is 2. The fraction of sp³-hybridized carbons (Fsp3) is 0.625. The van der Waals surface area contributed by atoms with Gasteiger partial charge in [-0.1, -0.05) is 42.6 Å². The topological polar surface area (TPSA) is 6.48 Å². The number of rotatable bonds is 7. The maximum absolute atomic E-state index is 2.37. The Morgan fingerprint density at radius 2 is 1.26 bits per heavy atom. The number of hydrogen-bond donors (Lipinski definition) is 0. The third-order valence-electron chi connectivity index (χ3n) is 3.65.